The molecule has 0 saturated heterocycles. The molecule has 1 aliphatic carbocycles. The monoisotopic (exact) mass is 485 g/mol. The third kappa shape index (κ3) is 4.91. The Labute approximate surface area is 210 Å². The molecule has 1 unspecified atom stereocenters. The van der Waals surface area contributed by atoms with Crippen LogP contribution in [0.25, 0.3) is 22.5 Å². The normalized spacial score (nSPS) is 18.7. The molecule has 1 atom stereocenters. The highest BCUT2D eigenvalue weighted by Crippen LogP contribution is 2.38. The van der Waals surface area contributed by atoms with Gasteiger partial charge in [-0.15, -0.1) is 10.2 Å². The quantitative estimate of drug-likeness (QED) is 0.370. The van der Waals surface area contributed by atoms with Gasteiger partial charge in [-0.05, 0) is 53.5 Å². The van der Waals surface area contributed by atoms with Crippen molar-refractivity contribution in [3.63, 3.8) is 0 Å². The Hall–Kier alpha value is -3.88. The lowest BCUT2D eigenvalue weighted by molar-refractivity contribution is -0.143. The van der Waals surface area contributed by atoms with Crippen molar-refractivity contribution in [2.24, 2.45) is 11.8 Å². The average molecular weight is 486 g/mol. The largest absolute Gasteiger partial charge is 0.481 e. The fourth-order valence-corrected chi connectivity index (χ4v) is 5.25. The molecule has 9 heteroatoms. The van der Waals surface area contributed by atoms with Crippen LogP contribution in [-0.2, 0) is 17.8 Å². The number of aromatic amines is 1. The van der Waals surface area contributed by atoms with Crippen molar-refractivity contribution in [3.8, 4) is 22.5 Å². The van der Waals surface area contributed by atoms with Gasteiger partial charge in [-0.2, -0.15) is 10.3 Å². The highest BCUT2D eigenvalue weighted by molar-refractivity contribution is 5.80. The first kappa shape index (κ1) is 23.8. The van der Waals surface area contributed by atoms with Gasteiger partial charge in [-0.3, -0.25) is 4.79 Å². The van der Waals surface area contributed by atoms with Crippen molar-refractivity contribution in [1.82, 2.24) is 35.4 Å². The predicted octanol–water partition coefficient (Wildman–Crippen LogP) is 4.73. The van der Waals surface area contributed by atoms with Crippen molar-refractivity contribution >= 4 is 5.97 Å². The lowest BCUT2D eigenvalue weighted by atomic mass is 9.76. The van der Waals surface area contributed by atoms with E-state index in [0.717, 1.165) is 66.0 Å². The lowest BCUT2D eigenvalue weighted by Gasteiger charge is -2.30. The van der Waals surface area contributed by atoms with E-state index in [1.54, 1.807) is 0 Å². The lowest BCUT2D eigenvalue weighted by Crippen LogP contribution is -2.25. The Bertz CT molecular complexity index is 1310. The van der Waals surface area contributed by atoms with Gasteiger partial charge < -0.3 is 5.11 Å². The van der Waals surface area contributed by atoms with E-state index in [0.29, 0.717) is 18.3 Å². The second kappa shape index (κ2) is 10.4. The number of carbonyl (C=O) groups is 1. The van der Waals surface area contributed by atoms with E-state index in [9.17, 15) is 9.90 Å². The molecule has 0 bridgehead atoms. The standard InChI is InChI=1S/C27H31N7O2/c1-3-24-28-26(17(2)19-12-14-21(15-13-19)27(35)36)34(31-24)16-18-8-10-20(11-9-18)22-6-4-5-7-23(22)25-29-32-33-30-25/h4-11,17,19,21H,3,12-16H2,1-2H3,(H,35,36)(H,29,30,32,33). The molecule has 36 heavy (non-hydrogen) atoms. The first-order chi connectivity index (χ1) is 17.5. The molecule has 1 saturated carbocycles. The topological polar surface area (TPSA) is 122 Å². The molecule has 0 radical (unpaired) electrons. The number of hydrogen-bond donors (Lipinski definition) is 2. The van der Waals surface area contributed by atoms with Crippen LogP contribution >= 0.6 is 0 Å². The fourth-order valence-electron chi connectivity index (χ4n) is 5.25. The van der Waals surface area contributed by atoms with Crippen LogP contribution in [0.5, 0.6) is 0 Å². The Morgan fingerprint density at radius 2 is 1.81 bits per heavy atom. The number of tetrazole rings is 1. The number of carboxylic acids is 1. The Morgan fingerprint density at radius 1 is 1.08 bits per heavy atom. The summed E-state index contributed by atoms with van der Waals surface area (Å²) >= 11 is 0. The summed E-state index contributed by atoms with van der Waals surface area (Å²) in [7, 11) is 0. The van der Waals surface area contributed by atoms with Crippen molar-refractivity contribution < 1.29 is 9.90 Å². The van der Waals surface area contributed by atoms with E-state index in [1.165, 1.54) is 0 Å². The molecule has 2 aromatic heterocycles. The summed E-state index contributed by atoms with van der Waals surface area (Å²) in [4.78, 5) is 16.2. The number of nitrogens with zero attached hydrogens (tertiary/aromatic N) is 6. The highest BCUT2D eigenvalue weighted by Gasteiger charge is 2.31. The van der Waals surface area contributed by atoms with Crippen LogP contribution in [0.3, 0.4) is 0 Å². The summed E-state index contributed by atoms with van der Waals surface area (Å²) in [6.07, 6.45) is 4.10. The number of aromatic nitrogens is 7. The number of hydrogen-bond acceptors (Lipinski definition) is 6. The zero-order valence-corrected chi connectivity index (χ0v) is 20.6. The van der Waals surface area contributed by atoms with Crippen molar-refractivity contribution in [3.05, 3.63) is 65.7 Å². The number of aliphatic carboxylic acids is 1. The second-order valence-corrected chi connectivity index (χ2v) is 9.61. The van der Waals surface area contributed by atoms with Crippen LogP contribution in [0, 0.1) is 11.8 Å². The van der Waals surface area contributed by atoms with Gasteiger partial charge in [0.25, 0.3) is 0 Å². The van der Waals surface area contributed by atoms with Gasteiger partial charge in [0.2, 0.25) is 5.82 Å². The molecule has 4 aromatic rings. The molecule has 2 N–H and O–H groups in total. The summed E-state index contributed by atoms with van der Waals surface area (Å²) in [5, 5.41) is 28.6. The number of H-pyrrole nitrogens is 1. The Balaban J connectivity index is 1.35. The molecule has 2 heterocycles. The SMILES string of the molecule is CCc1nc(C(C)C2CCC(C(=O)O)CC2)n(Cc2ccc(-c3ccccc3-c3nn[nH]n3)cc2)n1. The smallest absolute Gasteiger partial charge is 0.306 e. The van der Waals surface area contributed by atoms with E-state index in [4.69, 9.17) is 10.1 Å². The van der Waals surface area contributed by atoms with E-state index in [1.807, 2.05) is 22.9 Å². The molecule has 0 amide bonds. The minimum absolute atomic E-state index is 0.207. The maximum Gasteiger partial charge on any atom is 0.306 e. The van der Waals surface area contributed by atoms with Crippen LogP contribution in [0.2, 0.25) is 0 Å². The van der Waals surface area contributed by atoms with Crippen LogP contribution in [0.15, 0.2) is 48.5 Å². The minimum Gasteiger partial charge on any atom is -0.481 e. The molecule has 186 valence electrons. The van der Waals surface area contributed by atoms with E-state index in [2.05, 4.69) is 64.8 Å². The van der Waals surface area contributed by atoms with Crippen molar-refractivity contribution in [2.75, 3.05) is 0 Å². The molecule has 0 spiro atoms. The molecule has 2 aromatic carbocycles. The molecule has 9 nitrogen and oxygen atoms in total. The summed E-state index contributed by atoms with van der Waals surface area (Å²) < 4.78 is 2.04. The fraction of sp³-hybridized carbons (Fsp3) is 0.407. The van der Waals surface area contributed by atoms with Gasteiger partial charge in [0.05, 0.1) is 12.5 Å². The first-order valence-corrected chi connectivity index (χ1v) is 12.6. The zero-order chi connectivity index (χ0) is 25.1. The van der Waals surface area contributed by atoms with E-state index < -0.39 is 5.97 Å². The summed E-state index contributed by atoms with van der Waals surface area (Å²) in [6.45, 7) is 4.93. The number of rotatable bonds is 8. The van der Waals surface area contributed by atoms with Gasteiger partial charge in [0, 0.05) is 17.9 Å². The molecule has 1 aliphatic rings. The van der Waals surface area contributed by atoms with Crippen LogP contribution < -0.4 is 0 Å². The van der Waals surface area contributed by atoms with Gasteiger partial charge in [-0.25, -0.2) is 9.67 Å². The van der Waals surface area contributed by atoms with Crippen LogP contribution in [-0.4, -0.2) is 46.5 Å². The molecule has 5 rings (SSSR count). The third-order valence-electron chi connectivity index (χ3n) is 7.41. The highest BCUT2D eigenvalue weighted by atomic mass is 16.4. The number of nitrogens with one attached hydrogen (secondary N) is 1. The maximum atomic E-state index is 11.4. The summed E-state index contributed by atoms with van der Waals surface area (Å²) in [5.41, 5.74) is 4.20. The van der Waals surface area contributed by atoms with Crippen molar-refractivity contribution in [1.29, 1.82) is 0 Å². The summed E-state index contributed by atoms with van der Waals surface area (Å²) in [6, 6.07) is 16.5. The van der Waals surface area contributed by atoms with E-state index >= 15 is 0 Å². The number of aryl methyl sites for hydroxylation is 1. The summed E-state index contributed by atoms with van der Waals surface area (Å²) in [5.74, 6) is 2.20. The van der Waals surface area contributed by atoms with Gasteiger partial charge >= 0.3 is 5.97 Å². The average Bonchev–Trinajstić information content (AvgIpc) is 3.59. The van der Waals surface area contributed by atoms with Crippen LogP contribution in [0.4, 0.5) is 0 Å². The van der Waals surface area contributed by atoms with Gasteiger partial charge in [0.1, 0.15) is 5.82 Å². The number of carboxylic acid groups (broad SMARTS) is 1. The molecule has 1 fully saturated rings. The first-order valence-electron chi connectivity index (χ1n) is 12.6. The molecular weight excluding hydrogens is 454 g/mol. The zero-order valence-electron chi connectivity index (χ0n) is 20.6. The van der Waals surface area contributed by atoms with E-state index in [-0.39, 0.29) is 11.8 Å². The predicted molar refractivity (Wildman–Crippen MR) is 135 cm³/mol. The molecule has 0 aliphatic heterocycles. The van der Waals surface area contributed by atoms with Crippen molar-refractivity contribution in [2.45, 2.75) is 58.4 Å². The molecular formula is C27H31N7O2. The maximum absolute atomic E-state index is 11.4. The van der Waals surface area contributed by atoms with Gasteiger partial charge in [-0.1, -0.05) is 62.4 Å². The minimum atomic E-state index is -0.666. The van der Waals surface area contributed by atoms with Gasteiger partial charge in [0.15, 0.2) is 5.82 Å². The number of benzene rings is 2. The van der Waals surface area contributed by atoms with Crippen LogP contribution in [0.1, 0.15) is 62.7 Å². The second-order valence-electron chi connectivity index (χ2n) is 9.61. The Kier molecular flexibility index (Phi) is 6.88. The third-order valence-corrected chi connectivity index (χ3v) is 7.41. The Morgan fingerprint density at radius 3 is 2.44 bits per heavy atom.